The van der Waals surface area contributed by atoms with Crippen molar-refractivity contribution in [3.8, 4) is 0 Å². The number of rotatable bonds is 7. The summed E-state index contributed by atoms with van der Waals surface area (Å²) in [7, 11) is 0. The molecule has 1 aliphatic rings. The highest BCUT2D eigenvalue weighted by Gasteiger charge is 2.61. The summed E-state index contributed by atoms with van der Waals surface area (Å²) in [6, 6.07) is 0. The molecule has 0 aromatic rings. The maximum atomic E-state index is 13.2. The van der Waals surface area contributed by atoms with Crippen LogP contribution >= 0.6 is 0 Å². The molecule has 0 aliphatic carbocycles. The van der Waals surface area contributed by atoms with Crippen molar-refractivity contribution in [1.82, 2.24) is 10.6 Å². The lowest BCUT2D eigenvalue weighted by Gasteiger charge is -2.32. The SMILES string of the molecule is CCCCCC(C)(C)CNC(=O)C1(C(F)(F)F)CCNC1. The molecule has 1 fully saturated rings. The van der Waals surface area contributed by atoms with Gasteiger partial charge in [-0.25, -0.2) is 0 Å². The van der Waals surface area contributed by atoms with Crippen LogP contribution in [-0.4, -0.2) is 31.7 Å². The van der Waals surface area contributed by atoms with E-state index in [1.807, 2.05) is 13.8 Å². The molecule has 1 aliphatic heterocycles. The van der Waals surface area contributed by atoms with Gasteiger partial charge in [0.15, 0.2) is 5.41 Å². The van der Waals surface area contributed by atoms with Gasteiger partial charge in [0.05, 0.1) is 0 Å². The minimum atomic E-state index is -4.51. The minimum absolute atomic E-state index is 0.177. The van der Waals surface area contributed by atoms with Gasteiger partial charge in [-0.05, 0) is 24.8 Å². The number of carbonyl (C=O) groups excluding carboxylic acids is 1. The van der Waals surface area contributed by atoms with Crippen LogP contribution in [0.15, 0.2) is 0 Å². The molecule has 1 rings (SSSR count). The largest absolute Gasteiger partial charge is 0.404 e. The van der Waals surface area contributed by atoms with E-state index in [0.29, 0.717) is 0 Å². The number of nitrogens with one attached hydrogen (secondary N) is 2. The summed E-state index contributed by atoms with van der Waals surface area (Å²) in [5, 5.41) is 5.20. The molecule has 1 atom stereocenters. The molecule has 1 amide bonds. The summed E-state index contributed by atoms with van der Waals surface area (Å²) < 4.78 is 39.7. The fraction of sp³-hybridized carbons (Fsp3) is 0.933. The molecule has 0 saturated carbocycles. The average Bonchev–Trinajstić information content (AvgIpc) is 2.86. The van der Waals surface area contributed by atoms with E-state index in [-0.39, 0.29) is 31.5 Å². The number of unbranched alkanes of at least 4 members (excludes halogenated alkanes) is 2. The van der Waals surface area contributed by atoms with Crippen molar-refractivity contribution in [2.24, 2.45) is 10.8 Å². The highest BCUT2D eigenvalue weighted by molar-refractivity contribution is 5.84. The van der Waals surface area contributed by atoms with E-state index < -0.39 is 17.5 Å². The maximum Gasteiger partial charge on any atom is 0.404 e. The molecule has 21 heavy (non-hydrogen) atoms. The molecule has 1 saturated heterocycles. The fourth-order valence-corrected chi connectivity index (χ4v) is 2.69. The van der Waals surface area contributed by atoms with E-state index in [1.165, 1.54) is 0 Å². The van der Waals surface area contributed by atoms with Crippen molar-refractivity contribution in [2.45, 2.75) is 59.1 Å². The van der Waals surface area contributed by atoms with Crippen molar-refractivity contribution in [1.29, 1.82) is 0 Å². The molecule has 124 valence electrons. The Morgan fingerprint density at radius 1 is 1.29 bits per heavy atom. The Morgan fingerprint density at radius 2 is 1.95 bits per heavy atom. The van der Waals surface area contributed by atoms with E-state index >= 15 is 0 Å². The summed E-state index contributed by atoms with van der Waals surface area (Å²) in [6.07, 6.45) is -0.547. The molecule has 0 aromatic carbocycles. The smallest absolute Gasteiger partial charge is 0.355 e. The third kappa shape index (κ3) is 4.59. The molecule has 1 heterocycles. The molecular weight excluding hydrogens is 281 g/mol. The third-order valence-electron chi connectivity index (χ3n) is 4.32. The van der Waals surface area contributed by atoms with Gasteiger partial charge in [0.2, 0.25) is 5.91 Å². The summed E-state index contributed by atoms with van der Waals surface area (Å²) in [4.78, 5) is 12.1. The number of hydrogen-bond donors (Lipinski definition) is 2. The first-order valence-electron chi connectivity index (χ1n) is 7.70. The Morgan fingerprint density at radius 3 is 2.43 bits per heavy atom. The number of hydrogen-bond acceptors (Lipinski definition) is 2. The van der Waals surface area contributed by atoms with E-state index in [2.05, 4.69) is 17.6 Å². The van der Waals surface area contributed by atoms with Gasteiger partial charge in [-0.15, -0.1) is 0 Å². The molecule has 0 radical (unpaired) electrons. The third-order valence-corrected chi connectivity index (χ3v) is 4.32. The maximum absolute atomic E-state index is 13.2. The Balaban J connectivity index is 2.59. The lowest BCUT2D eigenvalue weighted by molar-refractivity contribution is -0.216. The van der Waals surface area contributed by atoms with Gasteiger partial charge in [0, 0.05) is 13.1 Å². The first-order valence-corrected chi connectivity index (χ1v) is 7.70. The summed E-state index contributed by atoms with van der Waals surface area (Å²) in [6.45, 7) is 6.26. The van der Waals surface area contributed by atoms with Crippen molar-refractivity contribution >= 4 is 5.91 Å². The average molecular weight is 308 g/mol. The number of alkyl halides is 3. The summed E-state index contributed by atoms with van der Waals surface area (Å²) in [5.74, 6) is -0.886. The van der Waals surface area contributed by atoms with Crippen LogP contribution in [0.3, 0.4) is 0 Å². The first-order chi connectivity index (χ1) is 9.65. The Kier molecular flexibility index (Phi) is 6.08. The molecule has 0 aromatic heterocycles. The lowest BCUT2D eigenvalue weighted by atomic mass is 9.83. The quantitative estimate of drug-likeness (QED) is 0.709. The first kappa shape index (κ1) is 18.3. The number of amides is 1. The second-order valence-corrected chi connectivity index (χ2v) is 6.81. The molecule has 6 heteroatoms. The minimum Gasteiger partial charge on any atom is -0.355 e. The van der Waals surface area contributed by atoms with Crippen molar-refractivity contribution in [3.63, 3.8) is 0 Å². The van der Waals surface area contributed by atoms with Crippen molar-refractivity contribution in [2.75, 3.05) is 19.6 Å². The number of carbonyl (C=O) groups is 1. The molecule has 1 unspecified atom stereocenters. The van der Waals surface area contributed by atoms with Crippen LogP contribution in [0.5, 0.6) is 0 Å². The second-order valence-electron chi connectivity index (χ2n) is 6.81. The van der Waals surface area contributed by atoms with E-state index in [4.69, 9.17) is 0 Å². The molecule has 2 N–H and O–H groups in total. The van der Waals surface area contributed by atoms with Gasteiger partial charge >= 0.3 is 6.18 Å². The summed E-state index contributed by atoms with van der Waals surface area (Å²) >= 11 is 0. The predicted octanol–water partition coefficient (Wildman–Crippen LogP) is 3.25. The van der Waals surface area contributed by atoms with Crippen LogP contribution in [0.25, 0.3) is 0 Å². The van der Waals surface area contributed by atoms with Crippen LogP contribution < -0.4 is 10.6 Å². The monoisotopic (exact) mass is 308 g/mol. The highest BCUT2D eigenvalue weighted by Crippen LogP contribution is 2.43. The standard InChI is InChI=1S/C15H27F3N2O/c1-4-5-6-7-13(2,3)10-20-12(21)14(15(16,17)18)8-9-19-11-14/h19H,4-11H2,1-3H3,(H,20,21). The molecule has 0 spiro atoms. The topological polar surface area (TPSA) is 41.1 Å². The van der Waals surface area contributed by atoms with Gasteiger partial charge in [0.25, 0.3) is 0 Å². The zero-order valence-corrected chi connectivity index (χ0v) is 13.2. The van der Waals surface area contributed by atoms with Crippen LogP contribution in [0.1, 0.15) is 52.9 Å². The van der Waals surface area contributed by atoms with Gasteiger partial charge in [0.1, 0.15) is 0 Å². The highest BCUT2D eigenvalue weighted by atomic mass is 19.4. The number of halogens is 3. The van der Waals surface area contributed by atoms with Gasteiger partial charge in [-0.1, -0.05) is 40.0 Å². The van der Waals surface area contributed by atoms with Gasteiger partial charge < -0.3 is 10.6 Å². The van der Waals surface area contributed by atoms with Crippen LogP contribution in [0.4, 0.5) is 13.2 Å². The van der Waals surface area contributed by atoms with Crippen LogP contribution in [-0.2, 0) is 4.79 Å². The molecule has 0 bridgehead atoms. The van der Waals surface area contributed by atoms with Crippen molar-refractivity contribution < 1.29 is 18.0 Å². The predicted molar refractivity (Wildman–Crippen MR) is 76.9 cm³/mol. The Labute approximate surface area is 125 Å². The second kappa shape index (κ2) is 6.99. The van der Waals surface area contributed by atoms with Crippen LogP contribution in [0.2, 0.25) is 0 Å². The fourth-order valence-electron chi connectivity index (χ4n) is 2.69. The Hall–Kier alpha value is -0.780. The zero-order chi connectivity index (χ0) is 16.1. The lowest BCUT2D eigenvalue weighted by Crippen LogP contribution is -2.53. The Bertz CT molecular complexity index is 347. The van der Waals surface area contributed by atoms with E-state index in [9.17, 15) is 18.0 Å². The van der Waals surface area contributed by atoms with Crippen molar-refractivity contribution in [3.05, 3.63) is 0 Å². The van der Waals surface area contributed by atoms with E-state index in [0.717, 1.165) is 25.7 Å². The van der Waals surface area contributed by atoms with Gasteiger partial charge in [-0.3, -0.25) is 4.79 Å². The summed E-state index contributed by atoms with van der Waals surface area (Å²) in [5.41, 5.74) is -2.43. The van der Waals surface area contributed by atoms with E-state index in [1.54, 1.807) is 0 Å². The van der Waals surface area contributed by atoms with Gasteiger partial charge in [-0.2, -0.15) is 13.2 Å². The molecule has 3 nitrogen and oxygen atoms in total. The molecular formula is C15H27F3N2O. The van der Waals surface area contributed by atoms with Crippen LogP contribution in [0, 0.1) is 10.8 Å². The zero-order valence-electron chi connectivity index (χ0n) is 13.2. The normalized spacial score (nSPS) is 23.3.